The quantitative estimate of drug-likeness (QED) is 0.543. The van der Waals surface area contributed by atoms with Gasteiger partial charge in [0.05, 0.1) is 22.0 Å². The number of nitrogens with zero attached hydrogens (tertiary/aromatic N) is 4. The van der Waals surface area contributed by atoms with Crippen LogP contribution in [0.25, 0.3) is 15.9 Å². The zero-order chi connectivity index (χ0) is 18.4. The molecular weight excluding hydrogens is 356 g/mol. The summed E-state index contributed by atoms with van der Waals surface area (Å²) in [4.78, 5) is 24.5. The minimum atomic E-state index is -0.0190. The van der Waals surface area contributed by atoms with E-state index < -0.39 is 0 Å². The SMILES string of the molecule is Cc1cccn2c(=O)cc(CN3CCC[C@@H]3c3nc4ccccc4s3)nc12. The Hall–Kier alpha value is -2.57. The van der Waals surface area contributed by atoms with Gasteiger partial charge in [-0.15, -0.1) is 11.3 Å². The second kappa shape index (κ2) is 6.55. The summed E-state index contributed by atoms with van der Waals surface area (Å²) in [5, 5.41) is 1.17. The van der Waals surface area contributed by atoms with Crippen molar-refractivity contribution in [3.63, 3.8) is 0 Å². The van der Waals surface area contributed by atoms with Gasteiger partial charge >= 0.3 is 0 Å². The highest BCUT2D eigenvalue weighted by molar-refractivity contribution is 7.18. The Morgan fingerprint density at radius 2 is 2.07 bits per heavy atom. The van der Waals surface area contributed by atoms with E-state index in [1.165, 1.54) is 9.71 Å². The molecule has 1 aromatic carbocycles. The lowest BCUT2D eigenvalue weighted by atomic mass is 10.2. The van der Waals surface area contributed by atoms with Crippen molar-refractivity contribution in [1.29, 1.82) is 0 Å². The fraction of sp³-hybridized carbons (Fsp3) is 0.286. The number of fused-ring (bicyclic) bond motifs is 2. The third kappa shape index (κ3) is 2.95. The third-order valence-electron chi connectivity index (χ3n) is 5.26. The summed E-state index contributed by atoms with van der Waals surface area (Å²) in [6.45, 7) is 3.68. The van der Waals surface area contributed by atoms with Gasteiger partial charge in [-0.05, 0) is 50.1 Å². The Morgan fingerprint density at radius 1 is 1.19 bits per heavy atom. The highest BCUT2D eigenvalue weighted by Crippen LogP contribution is 2.37. The van der Waals surface area contributed by atoms with Gasteiger partial charge in [0.15, 0.2) is 0 Å². The van der Waals surface area contributed by atoms with E-state index in [1.807, 2.05) is 25.1 Å². The lowest BCUT2D eigenvalue weighted by Gasteiger charge is -2.22. The third-order valence-corrected chi connectivity index (χ3v) is 6.40. The molecule has 1 saturated heterocycles. The van der Waals surface area contributed by atoms with E-state index in [1.54, 1.807) is 28.0 Å². The number of hydrogen-bond donors (Lipinski definition) is 0. The zero-order valence-electron chi connectivity index (χ0n) is 15.1. The molecule has 1 aliphatic heterocycles. The van der Waals surface area contributed by atoms with E-state index in [-0.39, 0.29) is 5.56 Å². The fourth-order valence-electron chi connectivity index (χ4n) is 3.93. The van der Waals surface area contributed by atoms with Crippen LogP contribution in [0.1, 0.15) is 35.1 Å². The van der Waals surface area contributed by atoms with Crippen molar-refractivity contribution in [3.8, 4) is 0 Å². The largest absolute Gasteiger partial charge is 0.288 e. The predicted molar refractivity (Wildman–Crippen MR) is 108 cm³/mol. The molecule has 1 atom stereocenters. The van der Waals surface area contributed by atoms with Crippen LogP contribution in [0.3, 0.4) is 0 Å². The van der Waals surface area contributed by atoms with Gasteiger partial charge in [0, 0.05) is 18.8 Å². The summed E-state index contributed by atoms with van der Waals surface area (Å²) in [6, 6.07) is 14.1. The number of hydrogen-bond acceptors (Lipinski definition) is 5. The van der Waals surface area contributed by atoms with E-state index in [0.717, 1.165) is 41.8 Å². The molecule has 3 aromatic heterocycles. The Balaban J connectivity index is 1.48. The first-order valence-electron chi connectivity index (χ1n) is 9.26. The molecule has 27 heavy (non-hydrogen) atoms. The molecule has 1 fully saturated rings. The van der Waals surface area contributed by atoms with Crippen molar-refractivity contribution in [2.24, 2.45) is 0 Å². The summed E-state index contributed by atoms with van der Waals surface area (Å²) < 4.78 is 2.85. The molecule has 0 N–H and O–H groups in total. The average Bonchev–Trinajstić information content (AvgIpc) is 3.29. The molecule has 0 spiro atoms. The monoisotopic (exact) mass is 376 g/mol. The van der Waals surface area contributed by atoms with Gasteiger partial charge < -0.3 is 0 Å². The van der Waals surface area contributed by atoms with Crippen LogP contribution < -0.4 is 5.56 Å². The Kier molecular flexibility index (Phi) is 4.02. The molecular formula is C21H20N4OS. The van der Waals surface area contributed by atoms with E-state index in [0.29, 0.717) is 12.6 Å². The summed E-state index contributed by atoms with van der Waals surface area (Å²) in [7, 11) is 0. The van der Waals surface area contributed by atoms with Crippen molar-refractivity contribution in [2.45, 2.75) is 32.4 Å². The normalized spacial score (nSPS) is 17.9. The zero-order valence-corrected chi connectivity index (χ0v) is 15.9. The minimum absolute atomic E-state index is 0.0190. The van der Waals surface area contributed by atoms with Gasteiger partial charge in [-0.2, -0.15) is 0 Å². The number of para-hydroxylation sites is 1. The molecule has 4 heterocycles. The molecule has 5 nitrogen and oxygen atoms in total. The van der Waals surface area contributed by atoms with Crippen molar-refractivity contribution in [1.82, 2.24) is 19.3 Å². The number of likely N-dealkylation sites (tertiary alicyclic amines) is 1. The van der Waals surface area contributed by atoms with Crippen molar-refractivity contribution in [3.05, 3.63) is 75.3 Å². The van der Waals surface area contributed by atoms with E-state index in [4.69, 9.17) is 9.97 Å². The summed E-state index contributed by atoms with van der Waals surface area (Å²) in [5.74, 6) is 0. The number of thiazole rings is 1. The average molecular weight is 376 g/mol. The lowest BCUT2D eigenvalue weighted by Crippen LogP contribution is -2.25. The standard InChI is InChI=1S/C21H20N4OS/c1-14-6-4-11-25-19(26)12-15(22-20(14)25)13-24-10-5-8-17(24)21-23-16-7-2-3-9-18(16)27-21/h2-4,6-7,9,11-12,17H,5,8,10,13H2,1H3/t17-/m1/s1. The molecule has 0 aliphatic carbocycles. The lowest BCUT2D eigenvalue weighted by molar-refractivity contribution is 0.245. The maximum absolute atomic E-state index is 12.5. The van der Waals surface area contributed by atoms with Crippen LogP contribution in [0.5, 0.6) is 0 Å². The number of aromatic nitrogens is 3. The van der Waals surface area contributed by atoms with E-state index in [9.17, 15) is 4.79 Å². The van der Waals surface area contributed by atoms with Gasteiger partial charge in [-0.25, -0.2) is 9.97 Å². The first-order valence-corrected chi connectivity index (χ1v) is 10.1. The summed E-state index contributed by atoms with van der Waals surface area (Å²) >= 11 is 1.78. The molecule has 1 aliphatic rings. The van der Waals surface area contributed by atoms with Crippen LogP contribution in [0.15, 0.2) is 53.5 Å². The van der Waals surface area contributed by atoms with Crippen LogP contribution in [0.2, 0.25) is 0 Å². The van der Waals surface area contributed by atoms with Crippen molar-refractivity contribution < 1.29 is 0 Å². The summed E-state index contributed by atoms with van der Waals surface area (Å²) in [6.07, 6.45) is 4.03. The van der Waals surface area contributed by atoms with E-state index >= 15 is 0 Å². The van der Waals surface area contributed by atoms with E-state index in [2.05, 4.69) is 23.1 Å². The molecule has 0 radical (unpaired) electrons. The molecule has 4 aromatic rings. The molecule has 0 amide bonds. The molecule has 5 rings (SSSR count). The molecule has 0 saturated carbocycles. The van der Waals surface area contributed by atoms with Crippen LogP contribution in [-0.2, 0) is 6.54 Å². The highest BCUT2D eigenvalue weighted by Gasteiger charge is 2.29. The van der Waals surface area contributed by atoms with Crippen LogP contribution >= 0.6 is 11.3 Å². The first kappa shape index (κ1) is 16.6. The number of rotatable bonds is 3. The smallest absolute Gasteiger partial charge is 0.258 e. The first-order chi connectivity index (χ1) is 13.2. The maximum Gasteiger partial charge on any atom is 0.258 e. The van der Waals surface area contributed by atoms with Crippen molar-refractivity contribution in [2.75, 3.05) is 6.54 Å². The second-order valence-electron chi connectivity index (χ2n) is 7.12. The number of pyridine rings is 1. The molecule has 0 bridgehead atoms. The van der Waals surface area contributed by atoms with Gasteiger partial charge in [-0.3, -0.25) is 14.1 Å². The van der Waals surface area contributed by atoms with Gasteiger partial charge in [0.25, 0.3) is 5.56 Å². The van der Waals surface area contributed by atoms with Gasteiger partial charge in [0.2, 0.25) is 0 Å². The van der Waals surface area contributed by atoms with Gasteiger partial charge in [0.1, 0.15) is 10.7 Å². The topological polar surface area (TPSA) is 50.5 Å². The van der Waals surface area contributed by atoms with Crippen LogP contribution in [-0.4, -0.2) is 25.8 Å². The molecule has 136 valence electrons. The van der Waals surface area contributed by atoms with Crippen LogP contribution in [0.4, 0.5) is 0 Å². The fourth-order valence-corrected chi connectivity index (χ4v) is 5.06. The summed E-state index contributed by atoms with van der Waals surface area (Å²) in [5.41, 5.74) is 3.65. The molecule has 6 heteroatoms. The Labute approximate surface area is 160 Å². The minimum Gasteiger partial charge on any atom is -0.288 e. The number of benzene rings is 1. The maximum atomic E-state index is 12.5. The van der Waals surface area contributed by atoms with Crippen LogP contribution in [0, 0.1) is 6.92 Å². The van der Waals surface area contributed by atoms with Crippen molar-refractivity contribution >= 4 is 27.2 Å². The Morgan fingerprint density at radius 3 is 2.96 bits per heavy atom. The number of aryl methyl sites for hydroxylation is 1. The molecule has 0 unspecified atom stereocenters. The Bertz CT molecular complexity index is 1160. The van der Waals surface area contributed by atoms with Gasteiger partial charge in [-0.1, -0.05) is 18.2 Å². The second-order valence-corrected chi connectivity index (χ2v) is 8.18. The predicted octanol–water partition coefficient (Wildman–Crippen LogP) is 3.95. The highest BCUT2D eigenvalue weighted by atomic mass is 32.1.